The second-order valence-corrected chi connectivity index (χ2v) is 9.11. The number of nitrogens with zero attached hydrogens (tertiary/aromatic N) is 3. The molecule has 1 fully saturated rings. The molecule has 168 valence electrons. The summed E-state index contributed by atoms with van der Waals surface area (Å²) in [5.74, 6) is -1.50. The lowest BCUT2D eigenvalue weighted by atomic mass is 10.1. The van der Waals surface area contributed by atoms with Gasteiger partial charge >= 0.3 is 6.09 Å². The van der Waals surface area contributed by atoms with Gasteiger partial charge in [0.25, 0.3) is 5.56 Å². The van der Waals surface area contributed by atoms with Gasteiger partial charge in [0.1, 0.15) is 23.1 Å². The zero-order valence-corrected chi connectivity index (χ0v) is 18.6. The van der Waals surface area contributed by atoms with E-state index in [9.17, 15) is 18.4 Å². The number of carbonyl (C=O) groups is 1. The van der Waals surface area contributed by atoms with E-state index in [0.29, 0.717) is 19.4 Å². The third kappa shape index (κ3) is 4.19. The minimum absolute atomic E-state index is 0.0204. The monoisotopic (exact) mass is 461 g/mol. The first-order chi connectivity index (χ1) is 15.0. The summed E-state index contributed by atoms with van der Waals surface area (Å²) in [7, 11) is 0. The average molecular weight is 462 g/mol. The molecular formula is C23H22ClF2N3O3. The normalized spacial score (nSPS) is 16.6. The van der Waals surface area contributed by atoms with Crippen molar-refractivity contribution in [2.75, 3.05) is 6.54 Å². The highest BCUT2D eigenvalue weighted by Gasteiger charge is 2.36. The summed E-state index contributed by atoms with van der Waals surface area (Å²) in [4.78, 5) is 32.4. The van der Waals surface area contributed by atoms with E-state index >= 15 is 0 Å². The van der Waals surface area contributed by atoms with Gasteiger partial charge in [0.05, 0.1) is 27.7 Å². The number of fused-ring (bicyclic) bond motifs is 1. The molecule has 1 aliphatic heterocycles. The van der Waals surface area contributed by atoms with Crippen LogP contribution in [0, 0.1) is 11.6 Å². The Morgan fingerprint density at radius 1 is 1.19 bits per heavy atom. The molecule has 3 aromatic rings. The Morgan fingerprint density at radius 3 is 2.53 bits per heavy atom. The van der Waals surface area contributed by atoms with Gasteiger partial charge in [0, 0.05) is 12.6 Å². The van der Waals surface area contributed by atoms with E-state index in [1.54, 1.807) is 39.0 Å². The number of benzene rings is 2. The van der Waals surface area contributed by atoms with Crippen LogP contribution in [0.25, 0.3) is 16.6 Å². The highest BCUT2D eigenvalue weighted by Crippen LogP contribution is 2.34. The van der Waals surface area contributed by atoms with E-state index in [2.05, 4.69) is 4.98 Å². The lowest BCUT2D eigenvalue weighted by Crippen LogP contribution is -2.38. The van der Waals surface area contributed by atoms with Crippen molar-refractivity contribution in [2.24, 2.45) is 0 Å². The molecule has 0 unspecified atom stereocenters. The van der Waals surface area contributed by atoms with Crippen molar-refractivity contribution in [3.05, 3.63) is 69.2 Å². The topological polar surface area (TPSA) is 64.4 Å². The fourth-order valence-corrected chi connectivity index (χ4v) is 4.12. The van der Waals surface area contributed by atoms with Crippen LogP contribution in [0.2, 0.25) is 5.02 Å². The lowest BCUT2D eigenvalue weighted by Gasteiger charge is -2.29. The fraction of sp³-hybridized carbons (Fsp3) is 0.348. The number of rotatable bonds is 2. The maximum atomic E-state index is 14.0. The van der Waals surface area contributed by atoms with Crippen LogP contribution in [-0.2, 0) is 4.74 Å². The maximum Gasteiger partial charge on any atom is 0.410 e. The summed E-state index contributed by atoms with van der Waals surface area (Å²) in [6.45, 7) is 5.67. The minimum atomic E-state index is -0.834. The van der Waals surface area contributed by atoms with Gasteiger partial charge in [0.2, 0.25) is 0 Å². The number of hydrogen-bond acceptors (Lipinski definition) is 4. The molecule has 1 aliphatic rings. The highest BCUT2D eigenvalue weighted by molar-refractivity contribution is 6.35. The van der Waals surface area contributed by atoms with Gasteiger partial charge in [-0.3, -0.25) is 14.3 Å². The van der Waals surface area contributed by atoms with Gasteiger partial charge in [-0.15, -0.1) is 0 Å². The van der Waals surface area contributed by atoms with Crippen LogP contribution >= 0.6 is 11.6 Å². The number of likely N-dealkylation sites (tertiary alicyclic amines) is 1. The van der Waals surface area contributed by atoms with Crippen molar-refractivity contribution in [1.29, 1.82) is 0 Å². The Morgan fingerprint density at radius 2 is 1.88 bits per heavy atom. The number of hydrogen-bond donors (Lipinski definition) is 0. The molecule has 0 radical (unpaired) electrons. The van der Waals surface area contributed by atoms with Crippen LogP contribution in [0.15, 0.2) is 41.2 Å². The Bertz CT molecular complexity index is 1250. The summed E-state index contributed by atoms with van der Waals surface area (Å²) in [5.41, 5.74) is -1.00. The molecule has 1 amide bonds. The maximum absolute atomic E-state index is 14.0. The predicted molar refractivity (Wildman–Crippen MR) is 117 cm³/mol. The lowest BCUT2D eigenvalue weighted by molar-refractivity contribution is 0.0216. The summed E-state index contributed by atoms with van der Waals surface area (Å²) < 4.78 is 34.8. The molecule has 0 bridgehead atoms. The number of amides is 1. The molecular weight excluding hydrogens is 440 g/mol. The smallest absolute Gasteiger partial charge is 0.410 e. The Kier molecular flexibility index (Phi) is 5.67. The molecule has 6 nitrogen and oxygen atoms in total. The third-order valence-corrected chi connectivity index (χ3v) is 5.47. The molecule has 0 aliphatic carbocycles. The van der Waals surface area contributed by atoms with E-state index in [1.165, 1.54) is 4.90 Å². The third-order valence-electron chi connectivity index (χ3n) is 5.16. The summed E-state index contributed by atoms with van der Waals surface area (Å²) in [6, 6.07) is 6.95. The quantitative estimate of drug-likeness (QED) is 0.513. The van der Waals surface area contributed by atoms with Crippen LogP contribution < -0.4 is 5.56 Å². The second kappa shape index (κ2) is 8.16. The van der Waals surface area contributed by atoms with Crippen molar-refractivity contribution in [3.63, 3.8) is 0 Å². The Hall–Kier alpha value is -3.00. The Balaban J connectivity index is 1.96. The standard InChI is InChI=1S/C23H22ClF2N3O3/c1-23(2,3)32-22(31)28-9-5-8-18(28)20-27-19-16(6-4-7-17(19)24)21(30)29(20)15-11-13(25)10-14(26)12-15/h4,6-7,10-12,18H,5,8-9H2,1-3H3/t18-/m0/s1. The molecule has 0 saturated carbocycles. The van der Waals surface area contributed by atoms with Gasteiger partial charge in [-0.2, -0.15) is 0 Å². The average Bonchev–Trinajstić information content (AvgIpc) is 3.16. The molecule has 2 heterocycles. The highest BCUT2D eigenvalue weighted by atomic mass is 35.5. The molecule has 0 N–H and O–H groups in total. The van der Waals surface area contributed by atoms with Crippen LogP contribution in [-0.4, -0.2) is 32.7 Å². The van der Waals surface area contributed by atoms with E-state index in [4.69, 9.17) is 16.3 Å². The first-order valence-corrected chi connectivity index (χ1v) is 10.6. The van der Waals surface area contributed by atoms with E-state index in [0.717, 1.165) is 22.8 Å². The largest absolute Gasteiger partial charge is 0.444 e. The molecule has 2 aromatic carbocycles. The van der Waals surface area contributed by atoms with E-state index in [-0.39, 0.29) is 27.4 Å². The van der Waals surface area contributed by atoms with Crippen LogP contribution in [0.1, 0.15) is 45.5 Å². The first-order valence-electron chi connectivity index (χ1n) is 10.2. The van der Waals surface area contributed by atoms with Crippen molar-refractivity contribution < 1.29 is 18.3 Å². The number of ether oxygens (including phenoxy) is 1. The molecule has 1 saturated heterocycles. The predicted octanol–water partition coefficient (Wildman–Crippen LogP) is 5.39. The Labute approximate surface area is 188 Å². The van der Waals surface area contributed by atoms with Gasteiger partial charge in [-0.25, -0.2) is 18.6 Å². The van der Waals surface area contributed by atoms with Gasteiger partial charge in [-0.05, 0) is 57.9 Å². The second-order valence-electron chi connectivity index (χ2n) is 8.71. The number of aromatic nitrogens is 2. The fourth-order valence-electron chi connectivity index (χ4n) is 3.91. The molecule has 9 heteroatoms. The van der Waals surface area contributed by atoms with Crippen molar-refractivity contribution in [2.45, 2.75) is 45.3 Å². The minimum Gasteiger partial charge on any atom is -0.444 e. The van der Waals surface area contributed by atoms with Crippen molar-refractivity contribution in [1.82, 2.24) is 14.5 Å². The van der Waals surface area contributed by atoms with E-state index in [1.807, 2.05) is 0 Å². The summed E-state index contributed by atoms with van der Waals surface area (Å²) in [6.07, 6.45) is 0.600. The van der Waals surface area contributed by atoms with Crippen molar-refractivity contribution in [3.8, 4) is 5.69 Å². The molecule has 0 spiro atoms. The zero-order chi connectivity index (χ0) is 23.2. The molecule has 32 heavy (non-hydrogen) atoms. The van der Waals surface area contributed by atoms with Crippen LogP contribution in [0.4, 0.5) is 13.6 Å². The number of para-hydroxylation sites is 1. The summed E-state index contributed by atoms with van der Waals surface area (Å²) in [5, 5.41) is 0.466. The SMILES string of the molecule is CC(C)(C)OC(=O)N1CCC[C@H]1c1nc2c(Cl)cccc2c(=O)n1-c1cc(F)cc(F)c1. The molecule has 1 atom stereocenters. The van der Waals surface area contributed by atoms with Gasteiger partial charge in [-0.1, -0.05) is 17.7 Å². The first kappa shape index (κ1) is 22.2. The van der Waals surface area contributed by atoms with Crippen LogP contribution in [0.5, 0.6) is 0 Å². The van der Waals surface area contributed by atoms with Gasteiger partial charge in [0.15, 0.2) is 0 Å². The molecule has 4 rings (SSSR count). The van der Waals surface area contributed by atoms with Gasteiger partial charge < -0.3 is 4.74 Å². The summed E-state index contributed by atoms with van der Waals surface area (Å²) >= 11 is 6.31. The number of carbonyl (C=O) groups excluding carboxylic acids is 1. The zero-order valence-electron chi connectivity index (χ0n) is 17.9. The van der Waals surface area contributed by atoms with E-state index < -0.39 is 34.9 Å². The van der Waals surface area contributed by atoms with Crippen molar-refractivity contribution >= 4 is 28.6 Å². The molecule has 1 aromatic heterocycles. The van der Waals surface area contributed by atoms with Crippen LogP contribution in [0.3, 0.4) is 0 Å². The number of halogens is 3.